The van der Waals surface area contributed by atoms with Gasteiger partial charge in [0.25, 0.3) is 0 Å². The van der Waals surface area contributed by atoms with E-state index in [2.05, 4.69) is 4.74 Å². The Labute approximate surface area is 111 Å². The molecule has 5 heteroatoms. The Balaban J connectivity index is 2.87. The van der Waals surface area contributed by atoms with Gasteiger partial charge in [-0.25, -0.2) is 4.79 Å². The van der Waals surface area contributed by atoms with Crippen molar-refractivity contribution in [3.63, 3.8) is 0 Å². The van der Waals surface area contributed by atoms with Crippen molar-refractivity contribution in [1.29, 1.82) is 0 Å². The van der Waals surface area contributed by atoms with E-state index in [0.717, 1.165) is 7.11 Å². The average molecular weight is 266 g/mol. The lowest BCUT2D eigenvalue weighted by atomic mass is 9.97. The summed E-state index contributed by atoms with van der Waals surface area (Å²) in [5.41, 5.74) is 0.872. The van der Waals surface area contributed by atoms with E-state index in [-0.39, 0.29) is 11.7 Å². The molecule has 0 saturated carbocycles. The predicted octanol–water partition coefficient (Wildman–Crippen LogP) is 1.09. The summed E-state index contributed by atoms with van der Waals surface area (Å²) in [6.07, 6.45) is -3.02. The number of aliphatic hydroxyl groups excluding tert-OH is 2. The minimum absolute atomic E-state index is 0.00504. The first-order valence-electron chi connectivity index (χ1n) is 5.96. The van der Waals surface area contributed by atoms with E-state index in [4.69, 9.17) is 0 Å². The highest BCUT2D eigenvalue weighted by Crippen LogP contribution is 2.19. The van der Waals surface area contributed by atoms with Crippen LogP contribution in [0, 0.1) is 5.92 Å². The van der Waals surface area contributed by atoms with E-state index in [1.54, 1.807) is 26.0 Å². The van der Waals surface area contributed by atoms with Gasteiger partial charge in [-0.2, -0.15) is 0 Å². The maximum atomic E-state index is 11.7. The summed E-state index contributed by atoms with van der Waals surface area (Å²) in [6, 6.07) is 6.13. The molecule has 0 bridgehead atoms. The van der Waals surface area contributed by atoms with Crippen molar-refractivity contribution in [1.82, 2.24) is 0 Å². The molecule has 0 spiro atoms. The van der Waals surface area contributed by atoms with Gasteiger partial charge < -0.3 is 14.9 Å². The van der Waals surface area contributed by atoms with Crippen molar-refractivity contribution >= 4 is 11.8 Å². The standard InChI is InChI=1S/C14H18O5/c1-8(2)11(15)9-4-6-10(7-5-9)12(16)13(17)14(18)19-3/h4-8,12-13,16-17H,1-3H3. The molecule has 0 aromatic heterocycles. The van der Waals surface area contributed by atoms with Crippen molar-refractivity contribution in [2.24, 2.45) is 5.92 Å². The molecule has 0 aliphatic heterocycles. The molecule has 1 rings (SSSR count). The second-order valence-corrected chi connectivity index (χ2v) is 4.55. The normalized spacial score (nSPS) is 14.0. The Kier molecular flexibility index (Phi) is 5.20. The lowest BCUT2D eigenvalue weighted by Crippen LogP contribution is -2.29. The number of ether oxygens (including phenoxy) is 1. The Morgan fingerprint density at radius 1 is 1.11 bits per heavy atom. The van der Waals surface area contributed by atoms with Crippen molar-refractivity contribution in [3.8, 4) is 0 Å². The van der Waals surface area contributed by atoms with Crippen LogP contribution in [0.15, 0.2) is 24.3 Å². The minimum atomic E-state index is -1.64. The number of esters is 1. The molecule has 2 atom stereocenters. The average Bonchev–Trinajstić information content (AvgIpc) is 2.44. The molecule has 5 nitrogen and oxygen atoms in total. The zero-order valence-electron chi connectivity index (χ0n) is 11.2. The molecular formula is C14H18O5. The van der Waals surface area contributed by atoms with Crippen molar-refractivity contribution in [2.45, 2.75) is 26.1 Å². The van der Waals surface area contributed by atoms with E-state index in [1.807, 2.05) is 0 Å². The van der Waals surface area contributed by atoms with E-state index in [0.29, 0.717) is 11.1 Å². The molecule has 19 heavy (non-hydrogen) atoms. The van der Waals surface area contributed by atoms with Crippen LogP contribution >= 0.6 is 0 Å². The molecule has 0 aliphatic rings. The van der Waals surface area contributed by atoms with Crippen LogP contribution in [0.2, 0.25) is 0 Å². The second kappa shape index (κ2) is 6.45. The summed E-state index contributed by atoms with van der Waals surface area (Å²) in [7, 11) is 1.13. The molecule has 0 heterocycles. The van der Waals surface area contributed by atoms with Gasteiger partial charge in [-0.05, 0) is 5.56 Å². The van der Waals surface area contributed by atoms with Crippen molar-refractivity contribution in [3.05, 3.63) is 35.4 Å². The fourth-order valence-corrected chi connectivity index (χ4v) is 1.61. The first kappa shape index (κ1) is 15.3. The molecule has 0 radical (unpaired) electrons. The van der Waals surface area contributed by atoms with E-state index in [1.165, 1.54) is 12.1 Å². The van der Waals surface area contributed by atoms with Gasteiger partial charge in [0.1, 0.15) is 6.10 Å². The Hall–Kier alpha value is -1.72. The summed E-state index contributed by atoms with van der Waals surface area (Å²) in [5.74, 6) is -1.03. The van der Waals surface area contributed by atoms with Crippen LogP contribution in [0.4, 0.5) is 0 Å². The van der Waals surface area contributed by atoms with Gasteiger partial charge in [0.15, 0.2) is 11.9 Å². The molecular weight excluding hydrogens is 248 g/mol. The van der Waals surface area contributed by atoms with Crippen LogP contribution in [0.3, 0.4) is 0 Å². The molecule has 0 amide bonds. The van der Waals surface area contributed by atoms with Crippen LogP contribution in [0.5, 0.6) is 0 Å². The fraction of sp³-hybridized carbons (Fsp3) is 0.429. The number of carbonyl (C=O) groups is 2. The maximum absolute atomic E-state index is 11.7. The minimum Gasteiger partial charge on any atom is -0.467 e. The molecule has 0 aliphatic carbocycles. The van der Waals surface area contributed by atoms with E-state index < -0.39 is 18.2 Å². The number of aliphatic hydroxyl groups is 2. The highest BCUT2D eigenvalue weighted by Gasteiger charge is 2.26. The molecule has 2 N–H and O–H groups in total. The third-order valence-corrected chi connectivity index (χ3v) is 2.80. The number of rotatable bonds is 5. The van der Waals surface area contributed by atoms with Gasteiger partial charge in [-0.1, -0.05) is 38.1 Å². The lowest BCUT2D eigenvalue weighted by Gasteiger charge is -2.16. The molecule has 104 valence electrons. The van der Waals surface area contributed by atoms with Crippen molar-refractivity contribution < 1.29 is 24.5 Å². The SMILES string of the molecule is COC(=O)C(O)C(O)c1ccc(C(=O)C(C)C)cc1. The predicted molar refractivity (Wildman–Crippen MR) is 68.6 cm³/mol. The topological polar surface area (TPSA) is 83.8 Å². The van der Waals surface area contributed by atoms with Crippen LogP contribution in [-0.2, 0) is 9.53 Å². The molecule has 0 saturated heterocycles. The van der Waals surface area contributed by atoms with Gasteiger partial charge >= 0.3 is 5.97 Å². The third-order valence-electron chi connectivity index (χ3n) is 2.80. The summed E-state index contributed by atoms with van der Waals surface area (Å²) < 4.78 is 4.34. The quantitative estimate of drug-likeness (QED) is 0.615. The Bertz CT molecular complexity index is 449. The van der Waals surface area contributed by atoms with Gasteiger partial charge in [0.2, 0.25) is 0 Å². The summed E-state index contributed by atoms with van der Waals surface area (Å²) in [4.78, 5) is 22.8. The first-order chi connectivity index (χ1) is 8.88. The van der Waals surface area contributed by atoms with Crippen LogP contribution in [0.25, 0.3) is 0 Å². The number of carbonyl (C=O) groups excluding carboxylic acids is 2. The molecule has 1 aromatic rings. The highest BCUT2D eigenvalue weighted by molar-refractivity contribution is 5.97. The summed E-state index contributed by atoms with van der Waals surface area (Å²) in [6.45, 7) is 3.60. The number of methoxy groups -OCH3 is 1. The zero-order valence-corrected chi connectivity index (χ0v) is 11.2. The third kappa shape index (κ3) is 3.62. The Morgan fingerprint density at radius 2 is 1.63 bits per heavy atom. The smallest absolute Gasteiger partial charge is 0.337 e. The maximum Gasteiger partial charge on any atom is 0.337 e. The first-order valence-corrected chi connectivity index (χ1v) is 5.96. The lowest BCUT2D eigenvalue weighted by molar-refractivity contribution is -0.156. The zero-order chi connectivity index (χ0) is 14.6. The number of Topliss-reactive ketones (excluding diaryl/α,β-unsaturated/α-hetero) is 1. The number of benzene rings is 1. The van der Waals surface area contributed by atoms with Crippen LogP contribution < -0.4 is 0 Å². The number of ketones is 1. The monoisotopic (exact) mass is 266 g/mol. The van der Waals surface area contributed by atoms with E-state index >= 15 is 0 Å². The second-order valence-electron chi connectivity index (χ2n) is 4.55. The van der Waals surface area contributed by atoms with Gasteiger partial charge in [0, 0.05) is 11.5 Å². The van der Waals surface area contributed by atoms with Gasteiger partial charge in [-0.15, -0.1) is 0 Å². The van der Waals surface area contributed by atoms with Crippen LogP contribution in [-0.4, -0.2) is 35.2 Å². The largest absolute Gasteiger partial charge is 0.467 e. The molecule has 0 fully saturated rings. The molecule has 2 unspecified atom stereocenters. The number of hydrogen-bond donors (Lipinski definition) is 2. The highest BCUT2D eigenvalue weighted by atomic mass is 16.5. The van der Waals surface area contributed by atoms with E-state index in [9.17, 15) is 19.8 Å². The molecule has 1 aromatic carbocycles. The van der Waals surface area contributed by atoms with Gasteiger partial charge in [0.05, 0.1) is 7.11 Å². The fourth-order valence-electron chi connectivity index (χ4n) is 1.61. The summed E-state index contributed by atoms with van der Waals surface area (Å²) >= 11 is 0. The van der Waals surface area contributed by atoms with Gasteiger partial charge in [-0.3, -0.25) is 4.79 Å². The number of hydrogen-bond acceptors (Lipinski definition) is 5. The van der Waals surface area contributed by atoms with Crippen molar-refractivity contribution in [2.75, 3.05) is 7.11 Å². The van der Waals surface area contributed by atoms with Crippen LogP contribution in [0.1, 0.15) is 35.9 Å². The summed E-state index contributed by atoms with van der Waals surface area (Å²) in [5, 5.41) is 19.3. The Morgan fingerprint density at radius 3 is 2.05 bits per heavy atom.